The number of carbonyl (C=O) groups excluding carboxylic acids is 2. The molecule has 20 heavy (non-hydrogen) atoms. The number of urea groups is 1. The van der Waals surface area contributed by atoms with Crippen molar-refractivity contribution < 1.29 is 9.59 Å². The summed E-state index contributed by atoms with van der Waals surface area (Å²) < 4.78 is 0. The van der Waals surface area contributed by atoms with E-state index in [0.29, 0.717) is 13.0 Å². The molecule has 0 unspecified atom stereocenters. The molecule has 0 atom stereocenters. The van der Waals surface area contributed by atoms with Gasteiger partial charge in [0.1, 0.15) is 0 Å². The number of hydrogen-bond donors (Lipinski definition) is 1. The van der Waals surface area contributed by atoms with E-state index in [2.05, 4.69) is 5.32 Å². The van der Waals surface area contributed by atoms with Crippen LogP contribution in [0.15, 0.2) is 30.3 Å². The second kappa shape index (κ2) is 5.27. The van der Waals surface area contributed by atoms with E-state index in [4.69, 9.17) is 0 Å². The number of amides is 3. The van der Waals surface area contributed by atoms with E-state index in [0.717, 1.165) is 31.2 Å². The van der Waals surface area contributed by atoms with Gasteiger partial charge < -0.3 is 5.32 Å². The molecule has 4 heteroatoms. The monoisotopic (exact) mass is 272 g/mol. The Kier molecular flexibility index (Phi) is 3.47. The number of benzene rings is 1. The van der Waals surface area contributed by atoms with E-state index in [1.807, 2.05) is 30.3 Å². The number of hydrogen-bond acceptors (Lipinski definition) is 2. The minimum absolute atomic E-state index is 0.0421. The Morgan fingerprint density at radius 2 is 1.75 bits per heavy atom. The van der Waals surface area contributed by atoms with Crippen molar-refractivity contribution >= 4 is 11.9 Å². The standard InChI is InChI=1S/C16H20N2O2/c19-14-11-16(9-5-2-6-10-16)17-15(20)18(14)12-13-7-3-1-4-8-13/h1,3-4,7-8H,2,5-6,9-12H2,(H,17,20). The third-order valence-electron chi connectivity index (χ3n) is 4.40. The maximum absolute atomic E-state index is 12.3. The van der Waals surface area contributed by atoms with E-state index in [1.165, 1.54) is 11.3 Å². The van der Waals surface area contributed by atoms with E-state index in [-0.39, 0.29) is 17.5 Å². The van der Waals surface area contributed by atoms with Gasteiger partial charge in [-0.15, -0.1) is 0 Å². The van der Waals surface area contributed by atoms with Crippen LogP contribution in [0.25, 0.3) is 0 Å². The van der Waals surface area contributed by atoms with Crippen LogP contribution in [0, 0.1) is 0 Å². The summed E-state index contributed by atoms with van der Waals surface area (Å²) in [4.78, 5) is 26.0. The molecular formula is C16H20N2O2. The molecule has 1 saturated heterocycles. The van der Waals surface area contributed by atoms with Crippen LogP contribution in [0.1, 0.15) is 44.1 Å². The fourth-order valence-corrected chi connectivity index (χ4v) is 3.29. The lowest BCUT2D eigenvalue weighted by atomic mass is 9.78. The van der Waals surface area contributed by atoms with E-state index in [9.17, 15) is 9.59 Å². The zero-order valence-corrected chi connectivity index (χ0v) is 11.6. The first-order valence-electron chi connectivity index (χ1n) is 7.35. The van der Waals surface area contributed by atoms with Gasteiger partial charge >= 0.3 is 6.03 Å². The average Bonchev–Trinajstić information content (AvgIpc) is 2.45. The summed E-state index contributed by atoms with van der Waals surface area (Å²) in [5, 5.41) is 3.10. The predicted molar refractivity (Wildman–Crippen MR) is 76.0 cm³/mol. The Bertz CT molecular complexity index is 486. The highest BCUT2D eigenvalue weighted by Crippen LogP contribution is 2.34. The molecule has 106 valence electrons. The summed E-state index contributed by atoms with van der Waals surface area (Å²) in [6, 6.07) is 9.41. The molecular weight excluding hydrogens is 252 g/mol. The lowest BCUT2D eigenvalue weighted by molar-refractivity contribution is -0.132. The highest BCUT2D eigenvalue weighted by Gasteiger charge is 2.43. The zero-order chi connectivity index (χ0) is 14.0. The van der Waals surface area contributed by atoms with Crippen molar-refractivity contribution in [3.05, 3.63) is 35.9 Å². The molecule has 4 nitrogen and oxygen atoms in total. The number of nitrogens with one attached hydrogen (secondary N) is 1. The van der Waals surface area contributed by atoms with Crippen LogP contribution in [0.2, 0.25) is 0 Å². The Morgan fingerprint density at radius 3 is 2.40 bits per heavy atom. The quantitative estimate of drug-likeness (QED) is 0.900. The van der Waals surface area contributed by atoms with Gasteiger partial charge in [0, 0.05) is 0 Å². The summed E-state index contributed by atoms with van der Waals surface area (Å²) in [6.45, 7) is 0.363. The molecule has 0 bridgehead atoms. The molecule has 1 saturated carbocycles. The summed E-state index contributed by atoms with van der Waals surface area (Å²) in [5.41, 5.74) is 0.718. The molecule has 3 amide bonds. The van der Waals surface area contributed by atoms with Gasteiger partial charge in [0.25, 0.3) is 0 Å². The first-order valence-corrected chi connectivity index (χ1v) is 7.35. The molecule has 3 rings (SSSR count). The van der Waals surface area contributed by atoms with Crippen LogP contribution >= 0.6 is 0 Å². The minimum Gasteiger partial charge on any atom is -0.332 e. The van der Waals surface area contributed by atoms with Gasteiger partial charge in [-0.05, 0) is 18.4 Å². The molecule has 1 aromatic rings. The maximum atomic E-state index is 12.3. The van der Waals surface area contributed by atoms with Crippen molar-refractivity contribution in [1.82, 2.24) is 10.2 Å². The lowest BCUT2D eigenvalue weighted by Gasteiger charge is -2.43. The predicted octanol–water partition coefficient (Wildman–Crippen LogP) is 2.83. The maximum Gasteiger partial charge on any atom is 0.324 e. The smallest absolute Gasteiger partial charge is 0.324 e. The average molecular weight is 272 g/mol. The highest BCUT2D eigenvalue weighted by molar-refractivity contribution is 5.98. The van der Waals surface area contributed by atoms with Crippen LogP contribution in [0.3, 0.4) is 0 Å². The van der Waals surface area contributed by atoms with Crippen LogP contribution in [0.4, 0.5) is 4.79 Å². The van der Waals surface area contributed by atoms with Crippen molar-refractivity contribution in [2.24, 2.45) is 0 Å². The molecule has 0 radical (unpaired) electrons. The van der Waals surface area contributed by atoms with Crippen molar-refractivity contribution in [2.75, 3.05) is 0 Å². The number of imide groups is 1. The molecule has 0 aromatic heterocycles. The van der Waals surface area contributed by atoms with Gasteiger partial charge in [0.05, 0.1) is 18.5 Å². The van der Waals surface area contributed by atoms with Crippen molar-refractivity contribution in [3.8, 4) is 0 Å². The Morgan fingerprint density at radius 1 is 1.05 bits per heavy atom. The van der Waals surface area contributed by atoms with Crippen molar-refractivity contribution in [1.29, 1.82) is 0 Å². The summed E-state index contributed by atoms with van der Waals surface area (Å²) in [7, 11) is 0. The number of rotatable bonds is 2. The second-order valence-corrected chi connectivity index (χ2v) is 5.91. The topological polar surface area (TPSA) is 49.4 Å². The van der Waals surface area contributed by atoms with Crippen LogP contribution in [-0.2, 0) is 11.3 Å². The van der Waals surface area contributed by atoms with Gasteiger partial charge in [-0.3, -0.25) is 9.69 Å². The molecule has 2 aliphatic rings. The zero-order valence-electron chi connectivity index (χ0n) is 11.6. The molecule has 1 spiro atoms. The fourth-order valence-electron chi connectivity index (χ4n) is 3.29. The summed E-state index contributed by atoms with van der Waals surface area (Å²) in [6.07, 6.45) is 5.73. The fraction of sp³-hybridized carbons (Fsp3) is 0.500. The van der Waals surface area contributed by atoms with Gasteiger partial charge in [-0.2, -0.15) is 0 Å². The largest absolute Gasteiger partial charge is 0.332 e. The Balaban J connectivity index is 1.72. The van der Waals surface area contributed by atoms with Crippen molar-refractivity contribution in [2.45, 2.75) is 50.6 Å². The second-order valence-electron chi connectivity index (χ2n) is 5.91. The number of nitrogens with zero attached hydrogens (tertiary/aromatic N) is 1. The molecule has 1 heterocycles. The van der Waals surface area contributed by atoms with Crippen LogP contribution in [-0.4, -0.2) is 22.4 Å². The first kappa shape index (κ1) is 13.2. The van der Waals surface area contributed by atoms with E-state index in [1.54, 1.807) is 0 Å². The highest BCUT2D eigenvalue weighted by atomic mass is 16.2. The molecule has 1 aliphatic heterocycles. The van der Waals surface area contributed by atoms with Gasteiger partial charge in [0.15, 0.2) is 0 Å². The number of carbonyl (C=O) groups is 2. The molecule has 1 N–H and O–H groups in total. The molecule has 1 aliphatic carbocycles. The lowest BCUT2D eigenvalue weighted by Crippen LogP contribution is -2.62. The van der Waals surface area contributed by atoms with Crippen LogP contribution < -0.4 is 5.32 Å². The van der Waals surface area contributed by atoms with Gasteiger partial charge in [-0.25, -0.2) is 4.79 Å². The van der Waals surface area contributed by atoms with Gasteiger partial charge in [0.2, 0.25) is 5.91 Å². The SMILES string of the molecule is O=C1CC2(CCCCC2)NC(=O)N1Cc1ccccc1. The summed E-state index contributed by atoms with van der Waals surface area (Å²) in [5.74, 6) is -0.0421. The van der Waals surface area contributed by atoms with E-state index < -0.39 is 0 Å². The van der Waals surface area contributed by atoms with Crippen LogP contribution in [0.5, 0.6) is 0 Å². The van der Waals surface area contributed by atoms with Crippen molar-refractivity contribution in [3.63, 3.8) is 0 Å². The first-order chi connectivity index (χ1) is 9.69. The van der Waals surface area contributed by atoms with E-state index >= 15 is 0 Å². The third-order valence-corrected chi connectivity index (χ3v) is 4.40. The Labute approximate surface area is 119 Å². The summed E-state index contributed by atoms with van der Waals surface area (Å²) >= 11 is 0. The van der Waals surface area contributed by atoms with Gasteiger partial charge in [-0.1, -0.05) is 49.6 Å². The Hall–Kier alpha value is -1.84. The normalized spacial score (nSPS) is 21.9. The third kappa shape index (κ3) is 2.55. The minimum atomic E-state index is -0.264. The molecule has 2 fully saturated rings. The molecule has 1 aromatic carbocycles.